The molecule has 0 aromatic heterocycles. The number of nitrogens with zero attached hydrogens (tertiary/aromatic N) is 2. The van der Waals surface area contributed by atoms with Gasteiger partial charge in [-0.25, -0.2) is 0 Å². The predicted octanol–water partition coefficient (Wildman–Crippen LogP) is 12.5. The minimum atomic E-state index is 0.304. The van der Waals surface area contributed by atoms with Crippen molar-refractivity contribution in [1.29, 1.82) is 0 Å². The first-order valence-electron chi connectivity index (χ1n) is 29.1. The van der Waals surface area contributed by atoms with Crippen molar-refractivity contribution < 1.29 is 0 Å². The number of rotatable bonds is 16. The Bertz CT molecular complexity index is 1630. The minimum Gasteiger partial charge on any atom is -0.374 e. The molecule has 69 heavy (non-hydrogen) atoms. The summed E-state index contributed by atoms with van der Waals surface area (Å²) in [5.41, 5.74) is 1.33. The second kappa shape index (κ2) is 22.7. The van der Waals surface area contributed by atoms with Gasteiger partial charge in [0, 0.05) is 42.8 Å². The Morgan fingerprint density at radius 1 is 0.449 bits per heavy atom. The Balaban J connectivity index is 0.000000155. The highest BCUT2D eigenvalue weighted by atomic mass is 127. The molecule has 0 spiro atoms. The summed E-state index contributed by atoms with van der Waals surface area (Å²) in [6.07, 6.45) is 43.7. The number of thioether (sulfide) groups is 1. The molecule has 0 saturated heterocycles. The van der Waals surface area contributed by atoms with Crippen molar-refractivity contribution in [3.63, 3.8) is 0 Å². The molecule has 0 atom stereocenters. The molecule has 0 aliphatic heterocycles. The van der Waals surface area contributed by atoms with Crippen molar-refractivity contribution in [3.05, 3.63) is 0 Å². The molecule has 0 unspecified atom stereocenters. The summed E-state index contributed by atoms with van der Waals surface area (Å²) in [6, 6.07) is 0. The third kappa shape index (κ3) is 12.9. The maximum Gasteiger partial charge on any atom is 0.166 e. The van der Waals surface area contributed by atoms with Gasteiger partial charge in [0.05, 0.1) is 11.4 Å². The molecule has 16 bridgehead atoms. The molecule has 388 valence electrons. The van der Waals surface area contributed by atoms with Crippen LogP contribution in [-0.2, 0) is 0 Å². The second-order valence-corrected chi connectivity index (χ2v) is 28.4. The maximum absolute atomic E-state index is 5.69. The fourth-order valence-corrected chi connectivity index (χ4v) is 21.2. The van der Waals surface area contributed by atoms with Crippen LogP contribution in [0.1, 0.15) is 200 Å². The zero-order chi connectivity index (χ0) is 47.6. The van der Waals surface area contributed by atoms with Gasteiger partial charge in [-0.05, 0) is 306 Å². The molecular weight excluding hydrogens is 1020 g/mol. The summed E-state index contributed by atoms with van der Waals surface area (Å²) < 4.78 is 0. The molecule has 0 radical (unpaired) electrons. The lowest BCUT2D eigenvalue weighted by atomic mass is 9.53. The summed E-state index contributed by atoms with van der Waals surface area (Å²) in [5, 5.41) is 25.2. The molecule has 12 heteroatoms. The quantitative estimate of drug-likeness (QED) is 0.0226. The highest BCUT2D eigenvalue weighted by Gasteiger charge is 2.54. The normalized spacial score (nSPS) is 43.1. The van der Waals surface area contributed by atoms with E-state index in [1.54, 1.807) is 0 Å². The number of amidine groups is 2. The van der Waals surface area contributed by atoms with Crippen molar-refractivity contribution in [1.82, 2.24) is 31.9 Å². The third-order valence-corrected chi connectivity index (χ3v) is 21.9. The van der Waals surface area contributed by atoms with Crippen molar-refractivity contribution in [2.45, 2.75) is 222 Å². The van der Waals surface area contributed by atoms with Crippen LogP contribution in [0.3, 0.4) is 0 Å². The number of thiocarbonyl (C=S) groups is 2. The van der Waals surface area contributed by atoms with Crippen LogP contribution < -0.4 is 31.9 Å². The van der Waals surface area contributed by atoms with E-state index in [9.17, 15) is 0 Å². The summed E-state index contributed by atoms with van der Waals surface area (Å²) in [5.74, 6) is 12.9. The van der Waals surface area contributed by atoms with E-state index in [0.717, 1.165) is 107 Å². The van der Waals surface area contributed by atoms with Gasteiger partial charge in [0.15, 0.2) is 15.4 Å². The van der Waals surface area contributed by atoms with Crippen LogP contribution in [0.5, 0.6) is 0 Å². The van der Waals surface area contributed by atoms with Gasteiger partial charge in [0.2, 0.25) is 0 Å². The summed E-state index contributed by atoms with van der Waals surface area (Å²) >= 11 is 15.4. The van der Waals surface area contributed by atoms with Crippen LogP contribution >= 0.6 is 58.8 Å². The highest BCUT2D eigenvalue weighted by molar-refractivity contribution is 14.1. The molecule has 16 rings (SSSR count). The van der Waals surface area contributed by atoms with E-state index in [4.69, 9.17) is 34.4 Å². The first-order valence-corrected chi connectivity index (χ1v) is 33.3. The zero-order valence-electron chi connectivity index (χ0n) is 43.5. The van der Waals surface area contributed by atoms with Crippen LogP contribution in [0.15, 0.2) is 9.98 Å². The van der Waals surface area contributed by atoms with Crippen LogP contribution in [0.4, 0.5) is 0 Å². The first kappa shape index (κ1) is 51.9. The topological polar surface area (TPSA) is 96.9 Å². The molecular formula is C57H95IN8S3. The van der Waals surface area contributed by atoms with E-state index in [2.05, 4.69) is 67.7 Å². The maximum atomic E-state index is 5.69. The van der Waals surface area contributed by atoms with Crippen LogP contribution in [-0.4, -0.2) is 80.7 Å². The lowest BCUT2D eigenvalue weighted by molar-refractivity contribution is -0.0103. The Labute approximate surface area is 448 Å². The predicted molar refractivity (Wildman–Crippen MR) is 309 cm³/mol. The number of hydrogen-bond donors (Lipinski definition) is 6. The molecule has 8 nitrogen and oxygen atoms in total. The molecule has 16 aliphatic rings. The zero-order valence-corrected chi connectivity index (χ0v) is 48.1. The van der Waals surface area contributed by atoms with Gasteiger partial charge in [-0.1, -0.05) is 34.4 Å². The first-order chi connectivity index (χ1) is 33.5. The summed E-state index contributed by atoms with van der Waals surface area (Å²) in [4.78, 5) is 12.3. The number of alkyl halides is 1. The standard InChI is InChI=1S/C29H48N4S.C27H44N4S2.CH3I/c1-20(32-28-14-21-8-22(15-28)10-23(9-21)16-28)30-6-4-3-5-7-31-27(34-2)33-29-17-24-11-25(18-29)13-26(12-24)19-29;32-24(30-26-12-18-6-19(13-26)8-20(7-18)14-26)28-4-2-1-3-5-29-25(33)31-27-15-21-9-22(16-27)11-23(10-21)17-27;1-2/h21-26H,3-19H2,1-2H3,(H,30,32)(H,31,33);18-23H,1-17H2,(H2,28,30,32)(H2,29,31,33);1H3. The van der Waals surface area contributed by atoms with Gasteiger partial charge >= 0.3 is 0 Å². The largest absolute Gasteiger partial charge is 0.374 e. The third-order valence-electron chi connectivity index (χ3n) is 20.7. The number of nitrogens with one attached hydrogen (secondary N) is 6. The van der Waals surface area contributed by atoms with E-state index < -0.39 is 0 Å². The summed E-state index contributed by atoms with van der Waals surface area (Å²) in [7, 11) is 0. The molecule has 16 saturated carbocycles. The fourth-order valence-electron chi connectivity index (χ4n) is 20.0. The van der Waals surface area contributed by atoms with Gasteiger partial charge in [0.25, 0.3) is 0 Å². The van der Waals surface area contributed by atoms with E-state index in [1.165, 1.54) is 204 Å². The van der Waals surface area contributed by atoms with E-state index in [1.807, 2.05) is 16.7 Å². The van der Waals surface area contributed by atoms with Crippen molar-refractivity contribution in [2.24, 2.45) is 81.0 Å². The molecule has 16 aliphatic carbocycles. The lowest BCUT2D eigenvalue weighted by Crippen LogP contribution is -2.61. The molecule has 16 fully saturated rings. The van der Waals surface area contributed by atoms with Crippen LogP contribution in [0.2, 0.25) is 0 Å². The van der Waals surface area contributed by atoms with Crippen molar-refractivity contribution in [3.8, 4) is 0 Å². The molecule has 0 aromatic carbocycles. The van der Waals surface area contributed by atoms with Crippen molar-refractivity contribution >= 4 is 80.0 Å². The van der Waals surface area contributed by atoms with Crippen molar-refractivity contribution in [2.75, 3.05) is 37.4 Å². The van der Waals surface area contributed by atoms with E-state index in [0.29, 0.717) is 22.2 Å². The lowest BCUT2D eigenvalue weighted by Gasteiger charge is -2.57. The Morgan fingerprint density at radius 3 is 1.10 bits per heavy atom. The van der Waals surface area contributed by atoms with Gasteiger partial charge in [-0.15, -0.1) is 0 Å². The molecule has 0 amide bonds. The fraction of sp³-hybridized carbons (Fsp3) is 0.930. The number of hydrogen-bond acceptors (Lipinski definition) is 5. The Hall–Kier alpha value is -0.600. The Morgan fingerprint density at radius 2 is 0.754 bits per heavy atom. The molecule has 0 aromatic rings. The second-order valence-electron chi connectivity index (χ2n) is 26.8. The average Bonchev–Trinajstić information content (AvgIpc) is 3.26. The number of aliphatic imine (C=N–C) groups is 2. The monoisotopic (exact) mass is 1110 g/mol. The van der Waals surface area contributed by atoms with Crippen LogP contribution in [0.25, 0.3) is 0 Å². The van der Waals surface area contributed by atoms with Gasteiger partial charge in [-0.3, -0.25) is 9.98 Å². The smallest absolute Gasteiger partial charge is 0.166 e. The highest BCUT2D eigenvalue weighted by Crippen LogP contribution is 2.59. The molecule has 0 heterocycles. The van der Waals surface area contributed by atoms with Crippen LogP contribution in [0, 0.1) is 71.0 Å². The number of halogens is 1. The van der Waals surface area contributed by atoms with E-state index in [-0.39, 0.29) is 0 Å². The SMILES string of the molecule is CI.CSC(=NCCCCCNC(C)=NC12CC3CC(CC(C3)C1)C2)NC12CC3CC(CC(C3)C1)C2.S=C(NCCCCCNC(=S)NC12CC3CC(CC(C3)C1)C2)NC12CC3CC(CC(C3)C1)C2. The molecule has 6 N–H and O–H groups in total. The minimum absolute atomic E-state index is 0.304. The van der Waals surface area contributed by atoms with Gasteiger partial charge in [0.1, 0.15) is 0 Å². The van der Waals surface area contributed by atoms with Gasteiger partial charge < -0.3 is 31.9 Å². The van der Waals surface area contributed by atoms with Gasteiger partial charge in [-0.2, -0.15) is 0 Å². The average molecular weight is 1120 g/mol. The Kier molecular flexibility index (Phi) is 17.1. The number of unbranched alkanes of at least 4 members (excludes halogenated alkanes) is 4. The summed E-state index contributed by atoms with van der Waals surface area (Å²) in [6.45, 7) is 6.20. The van der Waals surface area contributed by atoms with E-state index >= 15 is 0 Å².